The first-order chi connectivity index (χ1) is 9.74. The molecule has 1 aliphatic rings. The Hall–Kier alpha value is -1.71. The molecule has 1 aromatic carbocycles. The van der Waals surface area contributed by atoms with Crippen LogP contribution in [0.1, 0.15) is 49.4 Å². The quantitative estimate of drug-likeness (QED) is 0.774. The van der Waals surface area contributed by atoms with Crippen molar-refractivity contribution in [3.05, 3.63) is 23.8 Å². The molecule has 0 amide bonds. The van der Waals surface area contributed by atoms with Gasteiger partial charge in [-0.15, -0.1) is 0 Å². The van der Waals surface area contributed by atoms with Crippen molar-refractivity contribution in [1.29, 1.82) is 0 Å². The van der Waals surface area contributed by atoms with Gasteiger partial charge in [0.25, 0.3) is 0 Å². The highest BCUT2D eigenvalue weighted by atomic mass is 16.5. The zero-order chi connectivity index (χ0) is 14.4. The molecule has 0 spiro atoms. The largest absolute Gasteiger partial charge is 0.489 e. The van der Waals surface area contributed by atoms with Gasteiger partial charge in [-0.2, -0.15) is 0 Å². The molecule has 0 aromatic heterocycles. The molecule has 4 heteroatoms. The molecule has 2 rings (SSSR count). The Morgan fingerprint density at radius 2 is 2.10 bits per heavy atom. The van der Waals surface area contributed by atoms with Gasteiger partial charge in [-0.05, 0) is 18.6 Å². The van der Waals surface area contributed by atoms with Crippen LogP contribution in [0.25, 0.3) is 0 Å². The van der Waals surface area contributed by atoms with Crippen LogP contribution in [-0.4, -0.2) is 30.8 Å². The Kier molecular flexibility index (Phi) is 5.27. The summed E-state index contributed by atoms with van der Waals surface area (Å²) in [7, 11) is 0. The van der Waals surface area contributed by atoms with E-state index in [0.717, 1.165) is 25.2 Å². The molecule has 1 aliphatic heterocycles. The Morgan fingerprint density at radius 3 is 2.85 bits per heavy atom. The minimum Gasteiger partial charge on any atom is -0.489 e. The van der Waals surface area contributed by atoms with Crippen LogP contribution in [0.15, 0.2) is 18.2 Å². The maximum atomic E-state index is 11.2. The minimum absolute atomic E-state index is 0.262. The van der Waals surface area contributed by atoms with E-state index in [1.807, 2.05) is 6.07 Å². The third-order valence-electron chi connectivity index (χ3n) is 3.70. The summed E-state index contributed by atoms with van der Waals surface area (Å²) < 4.78 is 5.57. The van der Waals surface area contributed by atoms with E-state index >= 15 is 0 Å². The fraction of sp³-hybridized carbons (Fsp3) is 0.562. The van der Waals surface area contributed by atoms with Gasteiger partial charge in [-0.25, -0.2) is 4.79 Å². The first kappa shape index (κ1) is 14.7. The number of carboxylic acid groups (broad SMARTS) is 1. The van der Waals surface area contributed by atoms with Gasteiger partial charge in [0, 0.05) is 6.54 Å². The third kappa shape index (κ3) is 3.44. The number of benzene rings is 1. The molecular formula is C16H23NO3. The minimum atomic E-state index is -0.924. The van der Waals surface area contributed by atoms with Crippen LogP contribution in [0.2, 0.25) is 0 Å². The highest BCUT2D eigenvalue weighted by Gasteiger charge is 2.23. The molecule has 110 valence electrons. The number of ether oxygens (including phenoxy) is 1. The highest BCUT2D eigenvalue weighted by molar-refractivity contribution is 5.93. The Bertz CT molecular complexity index is 459. The van der Waals surface area contributed by atoms with Crippen molar-refractivity contribution >= 4 is 11.7 Å². The molecule has 4 nitrogen and oxygen atoms in total. The summed E-state index contributed by atoms with van der Waals surface area (Å²) in [4.78, 5) is 13.5. The lowest BCUT2D eigenvalue weighted by Crippen LogP contribution is -2.34. The van der Waals surface area contributed by atoms with Crippen LogP contribution in [0.5, 0.6) is 5.75 Å². The van der Waals surface area contributed by atoms with Crippen molar-refractivity contribution in [2.45, 2.75) is 39.0 Å². The summed E-state index contributed by atoms with van der Waals surface area (Å²) in [6, 6.07) is 5.35. The van der Waals surface area contributed by atoms with Gasteiger partial charge >= 0.3 is 5.97 Å². The SMILES string of the molecule is CCCCCCCN1CCOc2c(C(=O)O)cccc21. The van der Waals surface area contributed by atoms with Crippen molar-refractivity contribution < 1.29 is 14.6 Å². The number of nitrogens with zero attached hydrogens (tertiary/aromatic N) is 1. The zero-order valence-electron chi connectivity index (χ0n) is 12.1. The average molecular weight is 277 g/mol. The van der Waals surface area contributed by atoms with Gasteiger partial charge in [0.2, 0.25) is 0 Å². The van der Waals surface area contributed by atoms with Gasteiger partial charge in [-0.3, -0.25) is 0 Å². The Morgan fingerprint density at radius 1 is 1.30 bits per heavy atom. The van der Waals surface area contributed by atoms with Gasteiger partial charge in [-0.1, -0.05) is 38.7 Å². The molecule has 0 bridgehead atoms. The Balaban J connectivity index is 2.01. The van der Waals surface area contributed by atoms with E-state index in [-0.39, 0.29) is 5.56 Å². The topological polar surface area (TPSA) is 49.8 Å². The molecule has 0 saturated heterocycles. The predicted octanol–water partition coefficient (Wildman–Crippen LogP) is 3.55. The molecule has 0 unspecified atom stereocenters. The van der Waals surface area contributed by atoms with Gasteiger partial charge in [0.05, 0.1) is 12.2 Å². The molecule has 20 heavy (non-hydrogen) atoms. The molecule has 0 saturated carbocycles. The maximum Gasteiger partial charge on any atom is 0.339 e. The second kappa shape index (κ2) is 7.17. The van der Waals surface area contributed by atoms with Gasteiger partial charge < -0.3 is 14.7 Å². The smallest absolute Gasteiger partial charge is 0.339 e. The number of carboxylic acids is 1. The molecule has 0 radical (unpaired) electrons. The van der Waals surface area contributed by atoms with Crippen molar-refractivity contribution in [2.75, 3.05) is 24.6 Å². The summed E-state index contributed by atoms with van der Waals surface area (Å²) in [5, 5.41) is 9.20. The standard InChI is InChI=1S/C16H23NO3/c1-2-3-4-5-6-10-17-11-12-20-15-13(16(18)19)8-7-9-14(15)17/h7-9H,2-6,10-12H2,1H3,(H,18,19). The number of carbonyl (C=O) groups is 1. The van der Waals surface area contributed by atoms with E-state index in [0.29, 0.717) is 12.4 Å². The van der Waals surface area contributed by atoms with E-state index in [9.17, 15) is 9.90 Å². The van der Waals surface area contributed by atoms with Crippen LogP contribution >= 0.6 is 0 Å². The normalized spacial score (nSPS) is 13.8. The second-order valence-corrected chi connectivity index (χ2v) is 5.21. The van der Waals surface area contributed by atoms with E-state index in [1.54, 1.807) is 12.1 Å². The van der Waals surface area contributed by atoms with Crippen molar-refractivity contribution in [3.8, 4) is 5.75 Å². The molecule has 0 aliphatic carbocycles. The van der Waals surface area contributed by atoms with Crippen LogP contribution in [0, 0.1) is 0 Å². The molecule has 0 atom stereocenters. The molecule has 1 aromatic rings. The van der Waals surface area contributed by atoms with E-state index < -0.39 is 5.97 Å². The van der Waals surface area contributed by atoms with Crippen LogP contribution in [0.3, 0.4) is 0 Å². The Labute approximate surface area is 120 Å². The molecule has 0 fully saturated rings. The number of aromatic carboxylic acids is 1. The number of anilines is 1. The van der Waals surface area contributed by atoms with E-state index in [4.69, 9.17) is 4.74 Å². The van der Waals surface area contributed by atoms with Crippen molar-refractivity contribution in [1.82, 2.24) is 0 Å². The third-order valence-corrected chi connectivity index (χ3v) is 3.70. The average Bonchev–Trinajstić information content (AvgIpc) is 2.46. The summed E-state index contributed by atoms with van der Waals surface area (Å²) in [6.07, 6.45) is 6.21. The van der Waals surface area contributed by atoms with E-state index in [1.165, 1.54) is 25.7 Å². The maximum absolute atomic E-state index is 11.2. The number of para-hydroxylation sites is 1. The zero-order valence-corrected chi connectivity index (χ0v) is 12.1. The number of hydrogen-bond donors (Lipinski definition) is 1. The van der Waals surface area contributed by atoms with Crippen molar-refractivity contribution in [2.24, 2.45) is 0 Å². The first-order valence-corrected chi connectivity index (χ1v) is 7.48. The number of rotatable bonds is 7. The molecule has 1 heterocycles. The fourth-order valence-corrected chi connectivity index (χ4v) is 2.61. The second-order valence-electron chi connectivity index (χ2n) is 5.21. The van der Waals surface area contributed by atoms with Crippen LogP contribution in [0.4, 0.5) is 5.69 Å². The lowest BCUT2D eigenvalue weighted by atomic mass is 10.1. The number of unbranched alkanes of at least 4 members (excludes halogenated alkanes) is 4. The lowest BCUT2D eigenvalue weighted by molar-refractivity contribution is 0.0692. The van der Waals surface area contributed by atoms with Crippen molar-refractivity contribution in [3.63, 3.8) is 0 Å². The highest BCUT2D eigenvalue weighted by Crippen LogP contribution is 2.35. The summed E-state index contributed by atoms with van der Waals surface area (Å²) in [5.74, 6) is -0.397. The fourth-order valence-electron chi connectivity index (χ4n) is 2.61. The van der Waals surface area contributed by atoms with Gasteiger partial charge in [0.1, 0.15) is 12.2 Å². The summed E-state index contributed by atoms with van der Waals surface area (Å²) in [5.41, 5.74) is 1.19. The van der Waals surface area contributed by atoms with Crippen LogP contribution in [-0.2, 0) is 0 Å². The number of fused-ring (bicyclic) bond motifs is 1. The van der Waals surface area contributed by atoms with Crippen LogP contribution < -0.4 is 9.64 Å². The monoisotopic (exact) mass is 277 g/mol. The van der Waals surface area contributed by atoms with E-state index in [2.05, 4.69) is 11.8 Å². The predicted molar refractivity (Wildman–Crippen MR) is 79.9 cm³/mol. The molecular weight excluding hydrogens is 254 g/mol. The van der Waals surface area contributed by atoms with Gasteiger partial charge in [0.15, 0.2) is 5.75 Å². The summed E-state index contributed by atoms with van der Waals surface area (Å²) in [6.45, 7) is 4.59. The summed E-state index contributed by atoms with van der Waals surface area (Å²) >= 11 is 0. The molecule has 1 N–H and O–H groups in total. The lowest BCUT2D eigenvalue weighted by Gasteiger charge is -2.32. The first-order valence-electron chi connectivity index (χ1n) is 7.48. The number of hydrogen-bond acceptors (Lipinski definition) is 3.